The summed E-state index contributed by atoms with van der Waals surface area (Å²) in [6.07, 6.45) is 0. The molecule has 2 N–H and O–H groups in total. The lowest BCUT2D eigenvalue weighted by molar-refractivity contribution is -0.115. The number of halogens is 1. The minimum absolute atomic E-state index is 0.259. The van der Waals surface area contributed by atoms with Gasteiger partial charge in [-0.05, 0) is 25.1 Å². The van der Waals surface area contributed by atoms with Crippen molar-refractivity contribution >= 4 is 39.1 Å². The first-order valence-electron chi connectivity index (χ1n) is 8.58. The molecule has 2 amide bonds. The van der Waals surface area contributed by atoms with E-state index in [4.69, 9.17) is 18.9 Å². The molecule has 1 unspecified atom stereocenters. The van der Waals surface area contributed by atoms with Crippen molar-refractivity contribution in [1.82, 2.24) is 0 Å². The monoisotopic (exact) mass is 466 g/mol. The molecule has 9 heteroatoms. The summed E-state index contributed by atoms with van der Waals surface area (Å²) in [6, 6.07) is 7.99. The Bertz CT molecular complexity index is 876. The maximum Gasteiger partial charge on any atom is 0.255 e. The summed E-state index contributed by atoms with van der Waals surface area (Å²) in [4.78, 5) is 24.4. The highest BCUT2D eigenvalue weighted by Crippen LogP contribution is 2.40. The number of rotatable bonds is 8. The van der Waals surface area contributed by atoms with E-state index in [9.17, 15) is 9.59 Å². The maximum atomic E-state index is 12.8. The molecule has 2 aromatic rings. The molecule has 156 valence electrons. The van der Waals surface area contributed by atoms with Crippen LogP contribution in [0.2, 0.25) is 0 Å². The number of carbonyl (C=O) groups is 2. The van der Waals surface area contributed by atoms with Gasteiger partial charge in [0, 0.05) is 23.4 Å². The predicted molar refractivity (Wildman–Crippen MR) is 114 cm³/mol. The third-order valence-corrected chi connectivity index (χ3v) is 4.42. The molecular formula is C20H23BrN2O6. The minimum Gasteiger partial charge on any atom is -0.495 e. The lowest BCUT2D eigenvalue weighted by Gasteiger charge is -2.15. The van der Waals surface area contributed by atoms with Gasteiger partial charge in [0.1, 0.15) is 5.75 Å². The number of hydrogen-bond acceptors (Lipinski definition) is 6. The van der Waals surface area contributed by atoms with Gasteiger partial charge in [0.2, 0.25) is 11.7 Å². The first-order valence-corrected chi connectivity index (χ1v) is 9.50. The molecule has 0 radical (unpaired) electrons. The Kier molecular flexibility index (Phi) is 7.72. The Hall–Kier alpha value is -2.94. The quantitative estimate of drug-likeness (QED) is 0.575. The van der Waals surface area contributed by atoms with E-state index in [-0.39, 0.29) is 11.8 Å². The van der Waals surface area contributed by atoms with Crippen LogP contribution >= 0.6 is 15.9 Å². The second kappa shape index (κ2) is 10.0. The largest absolute Gasteiger partial charge is 0.495 e. The molecule has 2 aromatic carbocycles. The average Bonchev–Trinajstić information content (AvgIpc) is 2.72. The van der Waals surface area contributed by atoms with Crippen molar-refractivity contribution < 1.29 is 28.5 Å². The molecule has 0 bridgehead atoms. The molecule has 0 aromatic heterocycles. The Morgan fingerprint density at radius 3 is 1.93 bits per heavy atom. The second-order valence-electron chi connectivity index (χ2n) is 5.89. The van der Waals surface area contributed by atoms with Gasteiger partial charge in [0.15, 0.2) is 11.5 Å². The van der Waals surface area contributed by atoms with Crippen LogP contribution in [0.3, 0.4) is 0 Å². The summed E-state index contributed by atoms with van der Waals surface area (Å²) in [6.45, 7) is 1.70. The molecule has 8 nitrogen and oxygen atoms in total. The van der Waals surface area contributed by atoms with Crippen molar-refractivity contribution in [2.24, 2.45) is 0 Å². The molecule has 0 spiro atoms. The van der Waals surface area contributed by atoms with Gasteiger partial charge in [-0.15, -0.1) is 0 Å². The van der Waals surface area contributed by atoms with Gasteiger partial charge in [-0.1, -0.05) is 15.9 Å². The topological polar surface area (TPSA) is 95.1 Å². The first-order chi connectivity index (χ1) is 13.8. The van der Waals surface area contributed by atoms with Crippen LogP contribution < -0.4 is 29.6 Å². The highest BCUT2D eigenvalue weighted by atomic mass is 79.9. The zero-order valence-electron chi connectivity index (χ0n) is 16.8. The first kappa shape index (κ1) is 22.4. The number of methoxy groups -OCH3 is 4. The van der Waals surface area contributed by atoms with E-state index in [0.717, 1.165) is 0 Å². The fraction of sp³-hybridized carbons (Fsp3) is 0.300. The molecule has 0 aliphatic carbocycles. The van der Waals surface area contributed by atoms with E-state index >= 15 is 0 Å². The molecule has 0 saturated carbocycles. The standard InChI is InChI=1S/C20H23BrN2O6/c1-11(21)19(24)23-14-8-12(6-7-15(14)26-2)20(25)22-13-9-16(27-3)18(29-5)17(10-13)28-4/h6-11H,1-5H3,(H,22,25)(H,23,24). The Morgan fingerprint density at radius 1 is 0.862 bits per heavy atom. The summed E-state index contributed by atoms with van der Waals surface area (Å²) in [7, 11) is 5.97. The molecular weight excluding hydrogens is 444 g/mol. The SMILES string of the molecule is COc1ccc(C(=O)Nc2cc(OC)c(OC)c(OC)c2)cc1NC(=O)C(C)Br. The number of hydrogen-bond donors (Lipinski definition) is 2. The molecule has 2 rings (SSSR count). The average molecular weight is 467 g/mol. The number of alkyl halides is 1. The summed E-state index contributed by atoms with van der Waals surface area (Å²) in [5, 5.41) is 5.51. The molecule has 0 fully saturated rings. The molecule has 1 atom stereocenters. The van der Waals surface area contributed by atoms with E-state index in [1.54, 1.807) is 37.3 Å². The second-order valence-corrected chi connectivity index (χ2v) is 7.26. The molecule has 0 heterocycles. The number of carbonyl (C=O) groups excluding carboxylic acids is 2. The van der Waals surface area contributed by atoms with Crippen molar-refractivity contribution in [1.29, 1.82) is 0 Å². The van der Waals surface area contributed by atoms with E-state index in [2.05, 4.69) is 26.6 Å². The van der Waals surface area contributed by atoms with Gasteiger partial charge in [-0.2, -0.15) is 0 Å². The van der Waals surface area contributed by atoms with Gasteiger partial charge in [0.25, 0.3) is 5.91 Å². The van der Waals surface area contributed by atoms with Crippen molar-refractivity contribution in [2.45, 2.75) is 11.8 Å². The Morgan fingerprint density at radius 2 is 1.45 bits per heavy atom. The Balaban J connectivity index is 2.32. The van der Waals surface area contributed by atoms with Crippen LogP contribution in [0.5, 0.6) is 23.0 Å². The van der Waals surface area contributed by atoms with Crippen molar-refractivity contribution in [3.8, 4) is 23.0 Å². The number of anilines is 2. The predicted octanol–water partition coefficient (Wildman–Crippen LogP) is 3.70. The van der Waals surface area contributed by atoms with Gasteiger partial charge in [-0.3, -0.25) is 9.59 Å². The van der Waals surface area contributed by atoms with Crippen LogP contribution in [0.25, 0.3) is 0 Å². The van der Waals surface area contributed by atoms with Crippen LogP contribution in [0.15, 0.2) is 30.3 Å². The lowest BCUT2D eigenvalue weighted by atomic mass is 10.1. The van der Waals surface area contributed by atoms with Gasteiger partial charge in [-0.25, -0.2) is 0 Å². The number of nitrogens with one attached hydrogen (secondary N) is 2. The minimum atomic E-state index is -0.399. The van der Waals surface area contributed by atoms with E-state index in [0.29, 0.717) is 39.9 Å². The number of ether oxygens (including phenoxy) is 4. The van der Waals surface area contributed by atoms with Crippen LogP contribution in [0.1, 0.15) is 17.3 Å². The van der Waals surface area contributed by atoms with E-state index in [1.807, 2.05) is 0 Å². The summed E-state index contributed by atoms with van der Waals surface area (Å²) in [5.74, 6) is 1.05. The van der Waals surface area contributed by atoms with Gasteiger partial charge in [0.05, 0.1) is 39.0 Å². The van der Waals surface area contributed by atoms with Gasteiger partial charge < -0.3 is 29.6 Å². The smallest absolute Gasteiger partial charge is 0.255 e. The zero-order valence-corrected chi connectivity index (χ0v) is 18.4. The van der Waals surface area contributed by atoms with Gasteiger partial charge >= 0.3 is 0 Å². The van der Waals surface area contributed by atoms with Crippen LogP contribution in [-0.4, -0.2) is 45.1 Å². The molecule has 0 aliphatic rings. The number of amides is 2. The van der Waals surface area contributed by atoms with Crippen LogP contribution in [-0.2, 0) is 4.79 Å². The van der Waals surface area contributed by atoms with Crippen LogP contribution in [0.4, 0.5) is 11.4 Å². The maximum absolute atomic E-state index is 12.8. The van der Waals surface area contributed by atoms with Crippen molar-refractivity contribution in [3.05, 3.63) is 35.9 Å². The summed E-state index contributed by atoms with van der Waals surface area (Å²) >= 11 is 3.21. The fourth-order valence-electron chi connectivity index (χ4n) is 2.54. The molecule has 0 saturated heterocycles. The third kappa shape index (κ3) is 5.32. The van der Waals surface area contributed by atoms with E-state index < -0.39 is 4.83 Å². The molecule has 29 heavy (non-hydrogen) atoms. The van der Waals surface area contributed by atoms with Crippen molar-refractivity contribution in [3.63, 3.8) is 0 Å². The number of benzene rings is 2. The summed E-state index contributed by atoms with van der Waals surface area (Å²) < 4.78 is 21.1. The molecule has 0 aliphatic heterocycles. The third-order valence-electron chi connectivity index (χ3n) is 4.00. The lowest BCUT2D eigenvalue weighted by Crippen LogP contribution is -2.21. The summed E-state index contributed by atoms with van der Waals surface area (Å²) in [5.41, 5.74) is 1.18. The van der Waals surface area contributed by atoms with Crippen LogP contribution in [0, 0.1) is 0 Å². The Labute approximate surface area is 177 Å². The fourth-order valence-corrected chi connectivity index (χ4v) is 2.65. The highest BCUT2D eigenvalue weighted by Gasteiger charge is 2.17. The van der Waals surface area contributed by atoms with E-state index in [1.165, 1.54) is 28.4 Å². The van der Waals surface area contributed by atoms with Crippen molar-refractivity contribution in [2.75, 3.05) is 39.1 Å². The highest BCUT2D eigenvalue weighted by molar-refractivity contribution is 9.10. The zero-order chi connectivity index (χ0) is 21.6. The normalized spacial score (nSPS) is 11.2.